The Hall–Kier alpha value is -3.04. The number of imidazole rings is 1. The van der Waals surface area contributed by atoms with Gasteiger partial charge in [0, 0.05) is 12.5 Å². The second-order valence-electron chi connectivity index (χ2n) is 5.81. The Labute approximate surface area is 145 Å². The van der Waals surface area contributed by atoms with Gasteiger partial charge in [-0.15, -0.1) is 0 Å². The van der Waals surface area contributed by atoms with Crippen molar-refractivity contribution in [1.29, 1.82) is 5.26 Å². The van der Waals surface area contributed by atoms with E-state index in [1.807, 2.05) is 30.3 Å². The molecule has 0 radical (unpaired) electrons. The van der Waals surface area contributed by atoms with Gasteiger partial charge in [-0.25, -0.2) is 4.98 Å². The Morgan fingerprint density at radius 3 is 2.64 bits per heavy atom. The van der Waals surface area contributed by atoms with E-state index in [1.165, 1.54) is 0 Å². The number of fused-ring (bicyclic) bond motifs is 1. The summed E-state index contributed by atoms with van der Waals surface area (Å²) in [6, 6.07) is 15.2. The quantitative estimate of drug-likeness (QED) is 0.721. The second-order valence-corrected chi connectivity index (χ2v) is 5.81. The SMILES string of the molecule is COc1ccc(C[C@@](C#N)(CO)c2nc3ccccc3[nH]2)c(OC)c1. The third-order valence-electron chi connectivity index (χ3n) is 4.31. The van der Waals surface area contributed by atoms with Crippen LogP contribution < -0.4 is 9.47 Å². The molecule has 0 saturated heterocycles. The first-order chi connectivity index (χ1) is 12.2. The van der Waals surface area contributed by atoms with Crippen LogP contribution in [0.2, 0.25) is 0 Å². The number of nitrogens with one attached hydrogen (secondary N) is 1. The molecule has 1 heterocycles. The van der Waals surface area contributed by atoms with Crippen LogP contribution in [0.5, 0.6) is 11.5 Å². The van der Waals surface area contributed by atoms with E-state index < -0.39 is 5.41 Å². The minimum atomic E-state index is -1.19. The summed E-state index contributed by atoms with van der Waals surface area (Å²) in [5.74, 6) is 1.70. The smallest absolute Gasteiger partial charge is 0.142 e. The van der Waals surface area contributed by atoms with E-state index in [0.717, 1.165) is 16.6 Å². The van der Waals surface area contributed by atoms with Gasteiger partial charge in [0.05, 0.1) is 37.9 Å². The van der Waals surface area contributed by atoms with Crippen LogP contribution in [0.25, 0.3) is 11.0 Å². The van der Waals surface area contributed by atoms with Crippen LogP contribution in [0.1, 0.15) is 11.4 Å². The molecule has 1 aromatic heterocycles. The molecule has 0 aliphatic rings. The van der Waals surface area contributed by atoms with Gasteiger partial charge in [-0.2, -0.15) is 5.26 Å². The summed E-state index contributed by atoms with van der Waals surface area (Å²) < 4.78 is 10.6. The number of benzene rings is 2. The van der Waals surface area contributed by atoms with E-state index in [4.69, 9.17) is 9.47 Å². The first kappa shape index (κ1) is 16.8. The van der Waals surface area contributed by atoms with Gasteiger partial charge in [-0.3, -0.25) is 0 Å². The van der Waals surface area contributed by atoms with Gasteiger partial charge in [-0.05, 0) is 23.8 Å². The van der Waals surface area contributed by atoms with Gasteiger partial charge in [0.15, 0.2) is 0 Å². The number of ether oxygens (including phenoxy) is 2. The average molecular weight is 337 g/mol. The van der Waals surface area contributed by atoms with E-state index in [9.17, 15) is 10.4 Å². The number of aromatic nitrogens is 2. The van der Waals surface area contributed by atoms with E-state index in [0.29, 0.717) is 17.3 Å². The third kappa shape index (κ3) is 3.02. The second kappa shape index (κ2) is 6.83. The number of aliphatic hydroxyl groups is 1. The molecule has 3 aromatic rings. The number of methoxy groups -OCH3 is 2. The van der Waals surface area contributed by atoms with Crippen LogP contribution in [0.15, 0.2) is 42.5 Å². The summed E-state index contributed by atoms with van der Waals surface area (Å²) in [7, 11) is 3.14. The molecule has 128 valence electrons. The molecular formula is C19H19N3O3. The largest absolute Gasteiger partial charge is 0.497 e. The molecule has 0 saturated carbocycles. The Morgan fingerprint density at radius 2 is 2.00 bits per heavy atom. The fourth-order valence-electron chi connectivity index (χ4n) is 2.84. The van der Waals surface area contributed by atoms with Crippen molar-refractivity contribution < 1.29 is 14.6 Å². The summed E-state index contributed by atoms with van der Waals surface area (Å²) in [4.78, 5) is 7.67. The number of rotatable bonds is 6. The van der Waals surface area contributed by atoms with Crippen LogP contribution in [-0.2, 0) is 11.8 Å². The highest BCUT2D eigenvalue weighted by atomic mass is 16.5. The molecule has 2 N–H and O–H groups in total. The van der Waals surface area contributed by atoms with Crippen LogP contribution in [0.4, 0.5) is 0 Å². The predicted octanol–water partition coefficient (Wildman–Crippen LogP) is 2.58. The first-order valence-corrected chi connectivity index (χ1v) is 7.84. The summed E-state index contributed by atoms with van der Waals surface area (Å²) >= 11 is 0. The molecule has 0 spiro atoms. The molecule has 0 unspecified atom stereocenters. The van der Waals surface area contributed by atoms with Crippen molar-refractivity contribution in [2.24, 2.45) is 0 Å². The van der Waals surface area contributed by atoms with Crippen molar-refractivity contribution >= 4 is 11.0 Å². The Kier molecular flexibility index (Phi) is 4.59. The topological polar surface area (TPSA) is 91.2 Å². The molecule has 6 heteroatoms. The number of para-hydroxylation sites is 2. The highest BCUT2D eigenvalue weighted by Gasteiger charge is 2.36. The van der Waals surface area contributed by atoms with Crippen molar-refractivity contribution in [3.63, 3.8) is 0 Å². The van der Waals surface area contributed by atoms with Crippen molar-refractivity contribution in [2.75, 3.05) is 20.8 Å². The van der Waals surface area contributed by atoms with Gasteiger partial charge in [0.2, 0.25) is 0 Å². The Morgan fingerprint density at radius 1 is 1.20 bits per heavy atom. The molecular weight excluding hydrogens is 318 g/mol. The lowest BCUT2D eigenvalue weighted by Gasteiger charge is -2.23. The zero-order valence-electron chi connectivity index (χ0n) is 14.1. The number of aromatic amines is 1. The van der Waals surface area contributed by atoms with Crippen LogP contribution in [0, 0.1) is 11.3 Å². The third-order valence-corrected chi connectivity index (χ3v) is 4.31. The zero-order chi connectivity index (χ0) is 17.9. The number of aliphatic hydroxyl groups excluding tert-OH is 1. The molecule has 2 aromatic carbocycles. The number of H-pyrrole nitrogens is 1. The standard InChI is InChI=1S/C19H19N3O3/c1-24-14-8-7-13(17(9-14)25-2)10-19(11-20,12-23)18-21-15-5-3-4-6-16(15)22-18/h3-9,23H,10,12H2,1-2H3,(H,21,22)/t19-/m1/s1. The Bertz CT molecular complexity index is 896. The lowest BCUT2D eigenvalue weighted by molar-refractivity contribution is 0.222. The molecule has 0 fully saturated rings. The van der Waals surface area contributed by atoms with Crippen molar-refractivity contribution in [1.82, 2.24) is 9.97 Å². The molecule has 1 atom stereocenters. The lowest BCUT2D eigenvalue weighted by Crippen LogP contribution is -2.33. The minimum Gasteiger partial charge on any atom is -0.497 e. The molecule has 0 amide bonds. The molecule has 3 rings (SSSR count). The highest BCUT2D eigenvalue weighted by Crippen LogP contribution is 2.33. The van der Waals surface area contributed by atoms with Crippen LogP contribution in [0.3, 0.4) is 0 Å². The zero-order valence-corrected chi connectivity index (χ0v) is 14.1. The summed E-state index contributed by atoms with van der Waals surface area (Å²) in [5, 5.41) is 19.9. The van der Waals surface area contributed by atoms with Gasteiger partial charge in [0.1, 0.15) is 22.7 Å². The van der Waals surface area contributed by atoms with E-state index in [-0.39, 0.29) is 13.0 Å². The fourth-order valence-corrected chi connectivity index (χ4v) is 2.84. The number of hydrogen-bond acceptors (Lipinski definition) is 5. The van der Waals surface area contributed by atoms with Crippen molar-refractivity contribution in [3.8, 4) is 17.6 Å². The number of nitrogens with zero attached hydrogens (tertiary/aromatic N) is 2. The monoisotopic (exact) mass is 337 g/mol. The molecule has 25 heavy (non-hydrogen) atoms. The lowest BCUT2D eigenvalue weighted by atomic mass is 9.82. The maximum Gasteiger partial charge on any atom is 0.142 e. The summed E-state index contributed by atoms with van der Waals surface area (Å²) in [6.07, 6.45) is 0.257. The van der Waals surface area contributed by atoms with Crippen molar-refractivity contribution in [2.45, 2.75) is 11.8 Å². The van der Waals surface area contributed by atoms with E-state index in [1.54, 1.807) is 26.4 Å². The highest BCUT2D eigenvalue weighted by molar-refractivity contribution is 5.75. The summed E-state index contributed by atoms with van der Waals surface area (Å²) in [5.41, 5.74) is 1.18. The summed E-state index contributed by atoms with van der Waals surface area (Å²) in [6.45, 7) is -0.363. The maximum atomic E-state index is 10.0. The van der Waals surface area contributed by atoms with Gasteiger partial charge >= 0.3 is 0 Å². The van der Waals surface area contributed by atoms with E-state index >= 15 is 0 Å². The first-order valence-electron chi connectivity index (χ1n) is 7.84. The van der Waals surface area contributed by atoms with Gasteiger partial charge in [-0.1, -0.05) is 18.2 Å². The van der Waals surface area contributed by atoms with Crippen LogP contribution >= 0.6 is 0 Å². The number of nitriles is 1. The predicted molar refractivity (Wildman–Crippen MR) is 93.7 cm³/mol. The maximum absolute atomic E-state index is 10.0. The van der Waals surface area contributed by atoms with Crippen LogP contribution in [-0.4, -0.2) is 35.9 Å². The van der Waals surface area contributed by atoms with Gasteiger partial charge in [0.25, 0.3) is 0 Å². The van der Waals surface area contributed by atoms with E-state index in [2.05, 4.69) is 16.0 Å². The average Bonchev–Trinajstić information content (AvgIpc) is 3.11. The molecule has 0 aliphatic carbocycles. The molecule has 0 bridgehead atoms. The minimum absolute atomic E-state index is 0.257. The van der Waals surface area contributed by atoms with Gasteiger partial charge < -0.3 is 19.6 Å². The molecule has 0 aliphatic heterocycles. The van der Waals surface area contributed by atoms with Crippen molar-refractivity contribution in [3.05, 3.63) is 53.9 Å². The number of hydrogen-bond donors (Lipinski definition) is 2. The fraction of sp³-hybridized carbons (Fsp3) is 0.263. The Balaban J connectivity index is 2.05. The molecule has 6 nitrogen and oxygen atoms in total. The normalized spacial score (nSPS) is 13.2.